The fourth-order valence-electron chi connectivity index (χ4n) is 3.26. The van der Waals surface area contributed by atoms with E-state index in [9.17, 15) is 4.79 Å². The molecule has 1 amide bonds. The number of hydrogen-bond donors (Lipinski definition) is 2. The Kier molecular flexibility index (Phi) is 13.3. The fourth-order valence-corrected chi connectivity index (χ4v) is 3.26. The van der Waals surface area contributed by atoms with Crippen LogP contribution in [0, 0.1) is 11.8 Å². The molecule has 0 bridgehead atoms. The number of halogens is 1. The van der Waals surface area contributed by atoms with E-state index in [4.69, 9.17) is 15.5 Å². The summed E-state index contributed by atoms with van der Waals surface area (Å²) in [5.41, 5.74) is 5.36. The van der Waals surface area contributed by atoms with Gasteiger partial charge in [-0.2, -0.15) is 0 Å². The molecule has 2 unspecified atom stereocenters. The van der Waals surface area contributed by atoms with Crippen LogP contribution in [-0.4, -0.2) is 55.7 Å². The standard InChI is InChI=1S/C18H36N4O2.HI/c1-5-20-18(21-10-9-16(14(3)4)24-6-2)22-11-7-8-15(13-22)12-17(19)23;/h14-16H,5-13H2,1-4H3,(H2,19,23)(H,20,21);1H. The second kappa shape index (κ2) is 13.6. The van der Waals surface area contributed by atoms with Crippen molar-refractivity contribution in [2.24, 2.45) is 22.6 Å². The summed E-state index contributed by atoms with van der Waals surface area (Å²) in [4.78, 5) is 18.2. The lowest BCUT2D eigenvalue weighted by Crippen LogP contribution is -2.47. The first kappa shape index (κ1) is 24.4. The number of carbonyl (C=O) groups is 1. The van der Waals surface area contributed by atoms with Gasteiger partial charge in [-0.1, -0.05) is 13.8 Å². The summed E-state index contributed by atoms with van der Waals surface area (Å²) in [5, 5.41) is 3.38. The average Bonchev–Trinajstić information content (AvgIpc) is 2.52. The highest BCUT2D eigenvalue weighted by atomic mass is 127. The summed E-state index contributed by atoms with van der Waals surface area (Å²) < 4.78 is 5.80. The zero-order chi connectivity index (χ0) is 17.9. The molecule has 1 fully saturated rings. The van der Waals surface area contributed by atoms with Crippen LogP contribution < -0.4 is 11.1 Å². The lowest BCUT2D eigenvalue weighted by atomic mass is 9.95. The van der Waals surface area contributed by atoms with Crippen molar-refractivity contribution < 1.29 is 9.53 Å². The van der Waals surface area contributed by atoms with Crippen molar-refractivity contribution in [3.8, 4) is 0 Å². The highest BCUT2D eigenvalue weighted by molar-refractivity contribution is 14.0. The number of nitrogens with two attached hydrogens (primary N) is 1. The first-order chi connectivity index (χ1) is 11.5. The van der Waals surface area contributed by atoms with E-state index in [0.29, 0.717) is 18.3 Å². The van der Waals surface area contributed by atoms with Gasteiger partial charge in [0.25, 0.3) is 0 Å². The van der Waals surface area contributed by atoms with E-state index in [1.807, 2.05) is 6.92 Å². The van der Waals surface area contributed by atoms with Crippen molar-refractivity contribution >= 4 is 35.8 Å². The molecule has 1 aliphatic heterocycles. The van der Waals surface area contributed by atoms with Gasteiger partial charge in [-0.05, 0) is 44.9 Å². The second-order valence-corrected chi connectivity index (χ2v) is 6.89. The van der Waals surface area contributed by atoms with Crippen molar-refractivity contribution in [2.75, 3.05) is 32.8 Å². The van der Waals surface area contributed by atoms with Crippen molar-refractivity contribution in [3.63, 3.8) is 0 Å². The third-order valence-electron chi connectivity index (χ3n) is 4.44. The number of piperidine rings is 1. The largest absolute Gasteiger partial charge is 0.378 e. The molecule has 0 saturated carbocycles. The van der Waals surface area contributed by atoms with E-state index >= 15 is 0 Å². The molecule has 1 rings (SSSR count). The molecule has 0 aromatic rings. The highest BCUT2D eigenvalue weighted by Gasteiger charge is 2.23. The number of guanidine groups is 1. The van der Waals surface area contributed by atoms with Gasteiger partial charge in [0.05, 0.1) is 6.10 Å². The number of likely N-dealkylation sites (tertiary alicyclic amines) is 1. The van der Waals surface area contributed by atoms with E-state index < -0.39 is 0 Å². The maximum atomic E-state index is 11.2. The van der Waals surface area contributed by atoms with Gasteiger partial charge in [0.2, 0.25) is 5.91 Å². The summed E-state index contributed by atoms with van der Waals surface area (Å²) in [5.74, 6) is 1.58. The van der Waals surface area contributed by atoms with E-state index in [2.05, 4.69) is 31.0 Å². The maximum absolute atomic E-state index is 11.2. The quantitative estimate of drug-likeness (QED) is 0.310. The van der Waals surface area contributed by atoms with Crippen LogP contribution in [0.3, 0.4) is 0 Å². The number of nitrogens with zero attached hydrogens (tertiary/aromatic N) is 2. The van der Waals surface area contributed by atoms with E-state index in [1.54, 1.807) is 0 Å². The zero-order valence-electron chi connectivity index (χ0n) is 16.3. The Balaban J connectivity index is 0.00000576. The lowest BCUT2D eigenvalue weighted by Gasteiger charge is -2.34. The minimum Gasteiger partial charge on any atom is -0.378 e. The molecule has 0 spiro atoms. The zero-order valence-corrected chi connectivity index (χ0v) is 18.6. The number of ether oxygens (including phenoxy) is 1. The Morgan fingerprint density at radius 2 is 2.12 bits per heavy atom. The Bertz CT molecular complexity index is 405. The van der Waals surface area contributed by atoms with Gasteiger partial charge in [0.1, 0.15) is 0 Å². The molecule has 3 N–H and O–H groups in total. The van der Waals surface area contributed by atoms with Gasteiger partial charge < -0.3 is 20.7 Å². The predicted octanol–water partition coefficient (Wildman–Crippen LogP) is 2.61. The summed E-state index contributed by atoms with van der Waals surface area (Å²) >= 11 is 0. The van der Waals surface area contributed by atoms with Crippen molar-refractivity contribution in [2.45, 2.75) is 59.5 Å². The SMILES string of the molecule is CCNC(=NCCC(OCC)C(C)C)N1CCCC(CC(N)=O)C1.I. The molecular formula is C18H37IN4O2. The van der Waals surface area contributed by atoms with Crippen LogP contribution in [0.4, 0.5) is 0 Å². The van der Waals surface area contributed by atoms with Crippen LogP contribution in [0.2, 0.25) is 0 Å². The van der Waals surface area contributed by atoms with Gasteiger partial charge in [0, 0.05) is 39.2 Å². The van der Waals surface area contributed by atoms with Crippen LogP contribution >= 0.6 is 24.0 Å². The average molecular weight is 468 g/mol. The molecule has 1 aliphatic rings. The van der Waals surface area contributed by atoms with Crippen molar-refractivity contribution in [1.82, 2.24) is 10.2 Å². The number of amides is 1. The van der Waals surface area contributed by atoms with Gasteiger partial charge in [-0.3, -0.25) is 9.79 Å². The predicted molar refractivity (Wildman–Crippen MR) is 114 cm³/mol. The molecule has 148 valence electrons. The Morgan fingerprint density at radius 1 is 1.40 bits per heavy atom. The highest BCUT2D eigenvalue weighted by Crippen LogP contribution is 2.19. The first-order valence-electron chi connectivity index (χ1n) is 9.41. The van der Waals surface area contributed by atoms with Gasteiger partial charge in [-0.25, -0.2) is 0 Å². The van der Waals surface area contributed by atoms with Gasteiger partial charge in [0.15, 0.2) is 5.96 Å². The molecule has 1 saturated heterocycles. The van der Waals surface area contributed by atoms with Crippen LogP contribution in [0.15, 0.2) is 4.99 Å². The van der Waals surface area contributed by atoms with Crippen LogP contribution in [-0.2, 0) is 9.53 Å². The third kappa shape index (κ3) is 9.63. The number of rotatable bonds is 9. The molecule has 0 radical (unpaired) electrons. The normalized spacial score (nSPS) is 19.5. The number of aliphatic imine (C=N–C) groups is 1. The van der Waals surface area contributed by atoms with Gasteiger partial charge >= 0.3 is 0 Å². The molecule has 2 atom stereocenters. The number of primary amides is 1. The second-order valence-electron chi connectivity index (χ2n) is 6.89. The summed E-state index contributed by atoms with van der Waals surface area (Å²) in [6.45, 7) is 12.7. The summed E-state index contributed by atoms with van der Waals surface area (Å²) in [6.07, 6.45) is 3.80. The molecule has 25 heavy (non-hydrogen) atoms. The molecule has 6 nitrogen and oxygen atoms in total. The van der Waals surface area contributed by atoms with E-state index in [1.165, 1.54) is 0 Å². The molecule has 1 heterocycles. The van der Waals surface area contributed by atoms with Crippen LogP contribution in [0.5, 0.6) is 0 Å². The van der Waals surface area contributed by atoms with Gasteiger partial charge in [-0.15, -0.1) is 24.0 Å². The van der Waals surface area contributed by atoms with Crippen LogP contribution in [0.25, 0.3) is 0 Å². The van der Waals surface area contributed by atoms with E-state index in [0.717, 1.165) is 58.0 Å². The van der Waals surface area contributed by atoms with Crippen molar-refractivity contribution in [1.29, 1.82) is 0 Å². The lowest BCUT2D eigenvalue weighted by molar-refractivity contribution is -0.119. The topological polar surface area (TPSA) is 80.0 Å². The molecule has 0 aromatic heterocycles. The Labute approximate surface area is 170 Å². The van der Waals surface area contributed by atoms with E-state index in [-0.39, 0.29) is 36.0 Å². The fraction of sp³-hybridized carbons (Fsp3) is 0.889. The monoisotopic (exact) mass is 468 g/mol. The molecule has 7 heteroatoms. The van der Waals surface area contributed by atoms with Crippen LogP contribution in [0.1, 0.15) is 53.4 Å². The molecule has 0 aromatic carbocycles. The minimum absolute atomic E-state index is 0. The first-order valence-corrected chi connectivity index (χ1v) is 9.41. The van der Waals surface area contributed by atoms with Crippen molar-refractivity contribution in [3.05, 3.63) is 0 Å². The number of carbonyl (C=O) groups excluding carboxylic acids is 1. The minimum atomic E-state index is -0.208. The number of nitrogens with one attached hydrogen (secondary N) is 1. The maximum Gasteiger partial charge on any atom is 0.217 e. The molecular weight excluding hydrogens is 431 g/mol. The third-order valence-corrected chi connectivity index (χ3v) is 4.44. The number of hydrogen-bond acceptors (Lipinski definition) is 3. The molecule has 0 aliphatic carbocycles. The summed E-state index contributed by atoms with van der Waals surface area (Å²) in [7, 11) is 0. The Hall–Kier alpha value is -0.570. The summed E-state index contributed by atoms with van der Waals surface area (Å²) in [6, 6.07) is 0. The smallest absolute Gasteiger partial charge is 0.217 e. The Morgan fingerprint density at radius 3 is 2.68 bits per heavy atom.